The number of ether oxygens (including phenoxy) is 1. The van der Waals surface area contributed by atoms with Crippen LogP contribution in [-0.2, 0) is 17.5 Å². The lowest BCUT2D eigenvalue weighted by atomic mass is 9.87. The van der Waals surface area contributed by atoms with E-state index in [0.29, 0.717) is 18.5 Å². The van der Waals surface area contributed by atoms with Crippen molar-refractivity contribution in [1.29, 1.82) is 0 Å². The first-order chi connectivity index (χ1) is 16.9. The summed E-state index contributed by atoms with van der Waals surface area (Å²) in [6.45, 7) is 1.93. The zero-order chi connectivity index (χ0) is 26.1. The highest BCUT2D eigenvalue weighted by atomic mass is 19.4. The van der Waals surface area contributed by atoms with Gasteiger partial charge in [-0.1, -0.05) is 18.2 Å². The Labute approximate surface area is 205 Å². The molecule has 2 aliphatic rings. The first-order valence-corrected chi connectivity index (χ1v) is 12.2. The predicted molar refractivity (Wildman–Crippen MR) is 122 cm³/mol. The minimum absolute atomic E-state index is 0.0184. The second kappa shape index (κ2) is 10.5. The molecule has 0 spiro atoms. The first kappa shape index (κ1) is 26.6. The Morgan fingerprint density at radius 2 is 1.72 bits per heavy atom. The van der Waals surface area contributed by atoms with Crippen LogP contribution in [0, 0.1) is 11.8 Å². The van der Waals surface area contributed by atoms with Crippen molar-refractivity contribution < 1.29 is 41.0 Å². The van der Waals surface area contributed by atoms with Gasteiger partial charge in [-0.15, -0.1) is 0 Å². The van der Waals surface area contributed by atoms with E-state index in [1.165, 1.54) is 12.1 Å². The molecule has 1 unspecified atom stereocenters. The molecular weight excluding hydrogens is 488 g/mol. The van der Waals surface area contributed by atoms with E-state index in [2.05, 4.69) is 4.90 Å². The van der Waals surface area contributed by atoms with Gasteiger partial charge in [-0.25, -0.2) is 0 Å². The van der Waals surface area contributed by atoms with Crippen LogP contribution in [0.4, 0.5) is 26.3 Å². The number of aliphatic carboxylic acids is 1. The average molecular weight is 518 g/mol. The summed E-state index contributed by atoms with van der Waals surface area (Å²) in [4.78, 5) is 13.2. The van der Waals surface area contributed by atoms with Crippen molar-refractivity contribution in [3.8, 4) is 5.75 Å². The fourth-order valence-corrected chi connectivity index (χ4v) is 5.50. The molecule has 1 atom stereocenters. The molecule has 0 bridgehead atoms. The number of likely N-dealkylation sites (tertiary alicyclic amines) is 1. The van der Waals surface area contributed by atoms with Gasteiger partial charge in [0, 0.05) is 19.5 Å². The van der Waals surface area contributed by atoms with Crippen molar-refractivity contribution in [1.82, 2.24) is 4.90 Å². The summed E-state index contributed by atoms with van der Waals surface area (Å²) in [6, 6.07) is 7.56. The van der Waals surface area contributed by atoms with Gasteiger partial charge in [-0.05, 0) is 79.5 Å². The topological polar surface area (TPSA) is 49.8 Å². The number of hydrogen-bond acceptors (Lipinski definition) is 3. The van der Waals surface area contributed by atoms with Gasteiger partial charge in [0.15, 0.2) is 0 Å². The van der Waals surface area contributed by atoms with Gasteiger partial charge in [0.25, 0.3) is 0 Å². The molecule has 1 saturated carbocycles. The molecule has 0 amide bonds. The zero-order valence-corrected chi connectivity index (χ0v) is 19.7. The number of carbonyl (C=O) groups is 1. The van der Waals surface area contributed by atoms with Crippen LogP contribution in [0.15, 0.2) is 30.3 Å². The van der Waals surface area contributed by atoms with Crippen LogP contribution in [0.3, 0.4) is 0 Å². The summed E-state index contributed by atoms with van der Waals surface area (Å²) < 4.78 is 86.7. The summed E-state index contributed by atoms with van der Waals surface area (Å²) >= 11 is 0. The van der Waals surface area contributed by atoms with Crippen molar-refractivity contribution >= 4 is 16.7 Å². The molecule has 4 rings (SSSR count). The van der Waals surface area contributed by atoms with Crippen LogP contribution in [-0.4, -0.2) is 41.3 Å². The van der Waals surface area contributed by atoms with Gasteiger partial charge < -0.3 is 9.84 Å². The molecule has 2 aromatic carbocycles. The Bertz CT molecular complexity index is 1080. The predicted octanol–water partition coefficient (Wildman–Crippen LogP) is 7.05. The Kier molecular flexibility index (Phi) is 7.73. The van der Waals surface area contributed by atoms with Crippen molar-refractivity contribution in [2.45, 2.75) is 69.9 Å². The fourth-order valence-electron chi connectivity index (χ4n) is 5.50. The maximum Gasteiger partial charge on any atom is 0.420 e. The van der Waals surface area contributed by atoms with Crippen LogP contribution in [0.2, 0.25) is 0 Å². The maximum absolute atomic E-state index is 14.1. The van der Waals surface area contributed by atoms with Crippen molar-refractivity contribution in [3.63, 3.8) is 0 Å². The molecule has 1 heterocycles. The smallest absolute Gasteiger partial charge is 0.420 e. The number of hydrogen-bond donors (Lipinski definition) is 1. The molecule has 1 N–H and O–H groups in total. The Morgan fingerprint density at radius 3 is 2.36 bits per heavy atom. The summed E-state index contributed by atoms with van der Waals surface area (Å²) in [5, 5.41) is 9.43. The minimum atomic E-state index is -4.70. The number of benzene rings is 2. The van der Waals surface area contributed by atoms with E-state index >= 15 is 0 Å². The lowest BCUT2D eigenvalue weighted by Crippen LogP contribution is -2.35. The average Bonchev–Trinajstić information content (AvgIpc) is 2.78. The van der Waals surface area contributed by atoms with E-state index in [1.54, 1.807) is 18.2 Å². The zero-order valence-electron chi connectivity index (χ0n) is 19.7. The lowest BCUT2D eigenvalue weighted by molar-refractivity contribution is -0.185. The number of rotatable bonds is 6. The molecule has 1 aliphatic heterocycles. The largest absolute Gasteiger partial charge is 0.490 e. The van der Waals surface area contributed by atoms with E-state index in [4.69, 9.17) is 9.84 Å². The molecule has 36 heavy (non-hydrogen) atoms. The van der Waals surface area contributed by atoms with Crippen molar-refractivity contribution in [2.75, 3.05) is 13.1 Å². The molecular formula is C26H29F6NO3. The van der Waals surface area contributed by atoms with Gasteiger partial charge >= 0.3 is 18.3 Å². The third-order valence-electron chi connectivity index (χ3n) is 7.23. The molecule has 1 aliphatic carbocycles. The van der Waals surface area contributed by atoms with Gasteiger partial charge in [-0.2, -0.15) is 26.3 Å². The molecule has 4 nitrogen and oxygen atoms in total. The second-order valence-corrected chi connectivity index (χ2v) is 9.97. The normalized spacial score (nSPS) is 24.1. The summed E-state index contributed by atoms with van der Waals surface area (Å²) in [6.07, 6.45) is -8.08. The SMILES string of the molecule is O=C(O)CC1CCCN(Cc2ccc3c(C(F)(F)F)c(OC4CCC(C(F)(F)F)CC4)ccc3c2)C1. The van der Waals surface area contributed by atoms with Gasteiger partial charge in [0.1, 0.15) is 11.3 Å². The molecule has 1 saturated heterocycles. The minimum Gasteiger partial charge on any atom is -0.490 e. The lowest BCUT2D eigenvalue weighted by Gasteiger charge is -2.32. The Balaban J connectivity index is 1.51. The quantitative estimate of drug-likeness (QED) is 0.418. The van der Waals surface area contributed by atoms with Gasteiger partial charge in [0.2, 0.25) is 0 Å². The number of halogens is 6. The van der Waals surface area contributed by atoms with E-state index in [9.17, 15) is 31.1 Å². The first-order valence-electron chi connectivity index (χ1n) is 12.2. The highest BCUT2D eigenvalue weighted by Gasteiger charge is 2.42. The number of alkyl halides is 6. The van der Waals surface area contributed by atoms with Crippen LogP contribution < -0.4 is 4.74 Å². The van der Waals surface area contributed by atoms with Crippen molar-refractivity contribution in [2.24, 2.45) is 11.8 Å². The van der Waals surface area contributed by atoms with Gasteiger partial charge in [0.05, 0.1) is 12.0 Å². The maximum atomic E-state index is 14.1. The molecule has 0 radical (unpaired) electrons. The van der Waals surface area contributed by atoms with E-state index in [0.717, 1.165) is 24.9 Å². The third-order valence-corrected chi connectivity index (χ3v) is 7.23. The van der Waals surface area contributed by atoms with Crippen LogP contribution in [0.1, 0.15) is 56.1 Å². The third kappa shape index (κ3) is 6.44. The van der Waals surface area contributed by atoms with E-state index in [1.807, 2.05) is 0 Å². The van der Waals surface area contributed by atoms with Crippen LogP contribution in [0.5, 0.6) is 5.75 Å². The number of carboxylic acid groups (broad SMARTS) is 1. The van der Waals surface area contributed by atoms with Crippen LogP contribution >= 0.6 is 0 Å². The molecule has 2 fully saturated rings. The molecule has 198 valence electrons. The number of piperidine rings is 1. The van der Waals surface area contributed by atoms with Crippen molar-refractivity contribution in [3.05, 3.63) is 41.5 Å². The Morgan fingerprint density at radius 1 is 1.00 bits per heavy atom. The fraction of sp³-hybridized carbons (Fsp3) is 0.577. The molecule has 2 aromatic rings. The van der Waals surface area contributed by atoms with E-state index < -0.39 is 35.9 Å². The summed E-state index contributed by atoms with van der Waals surface area (Å²) in [5.41, 5.74) is -0.0882. The number of carboxylic acids is 1. The van der Waals surface area contributed by atoms with E-state index in [-0.39, 0.29) is 49.2 Å². The summed E-state index contributed by atoms with van der Waals surface area (Å²) in [7, 11) is 0. The van der Waals surface area contributed by atoms with Gasteiger partial charge in [-0.3, -0.25) is 9.69 Å². The number of fused-ring (bicyclic) bond motifs is 1. The summed E-state index contributed by atoms with van der Waals surface area (Å²) in [5.74, 6) is -2.57. The molecule has 0 aromatic heterocycles. The second-order valence-electron chi connectivity index (χ2n) is 9.97. The highest BCUT2D eigenvalue weighted by Crippen LogP contribution is 2.44. The highest BCUT2D eigenvalue weighted by molar-refractivity contribution is 5.89. The molecule has 10 heteroatoms. The number of nitrogens with zero attached hydrogens (tertiary/aromatic N) is 1. The monoisotopic (exact) mass is 517 g/mol. The standard InChI is InChI=1S/C26H29F6NO3/c27-25(28,29)19-5-7-20(8-6-19)36-22-10-4-18-12-17(3-9-21(18)24(22)26(30,31)32)15-33-11-1-2-16(14-33)13-23(34)35/h3-4,9-10,12,16,19-20H,1-2,5-8,11,13-15H2,(H,34,35). The van der Waals surface area contributed by atoms with Crippen LogP contribution in [0.25, 0.3) is 10.8 Å². The Hall–Kier alpha value is -2.49.